The van der Waals surface area contributed by atoms with Crippen molar-refractivity contribution in [2.24, 2.45) is 0 Å². The third kappa shape index (κ3) is 4.99. The fraction of sp³-hybridized carbons (Fsp3) is 0.529. The Kier molecular flexibility index (Phi) is 6.66. The van der Waals surface area contributed by atoms with Crippen LogP contribution in [-0.4, -0.2) is 49.4 Å². The fourth-order valence-corrected chi connectivity index (χ4v) is 2.78. The summed E-state index contributed by atoms with van der Waals surface area (Å²) < 4.78 is 26.3. The van der Waals surface area contributed by atoms with E-state index in [1.807, 2.05) is 7.05 Å². The van der Waals surface area contributed by atoms with Crippen molar-refractivity contribution in [3.8, 4) is 0 Å². The van der Waals surface area contributed by atoms with Gasteiger partial charge in [0.05, 0.1) is 5.56 Å². The number of amides is 2. The zero-order valence-electron chi connectivity index (χ0n) is 13.8. The molecule has 132 valence electrons. The summed E-state index contributed by atoms with van der Waals surface area (Å²) in [7, 11) is 1.81. The third-order valence-electron chi connectivity index (χ3n) is 4.28. The molecule has 0 unspecified atom stereocenters. The molecule has 0 spiro atoms. The maximum absolute atomic E-state index is 13.5. The second-order valence-corrected chi connectivity index (χ2v) is 5.97. The fourth-order valence-electron chi connectivity index (χ4n) is 2.78. The maximum Gasteiger partial charge on any atom is 0.254 e. The van der Waals surface area contributed by atoms with E-state index in [2.05, 4.69) is 10.6 Å². The van der Waals surface area contributed by atoms with Crippen LogP contribution in [0, 0.1) is 11.6 Å². The number of benzene rings is 1. The van der Waals surface area contributed by atoms with Gasteiger partial charge in [-0.15, -0.1) is 0 Å². The lowest BCUT2D eigenvalue weighted by Crippen LogP contribution is -2.44. The summed E-state index contributed by atoms with van der Waals surface area (Å²) in [6, 6.07) is 3.08. The Morgan fingerprint density at radius 1 is 1.29 bits per heavy atom. The smallest absolute Gasteiger partial charge is 0.254 e. The van der Waals surface area contributed by atoms with Crippen LogP contribution in [0.15, 0.2) is 18.2 Å². The topological polar surface area (TPSA) is 61.4 Å². The van der Waals surface area contributed by atoms with Crippen LogP contribution < -0.4 is 10.6 Å². The quantitative estimate of drug-likeness (QED) is 0.776. The van der Waals surface area contributed by atoms with E-state index in [0.717, 1.165) is 38.1 Å². The van der Waals surface area contributed by atoms with Crippen molar-refractivity contribution in [1.82, 2.24) is 15.5 Å². The van der Waals surface area contributed by atoms with Gasteiger partial charge in [-0.1, -0.05) is 0 Å². The van der Waals surface area contributed by atoms with Crippen LogP contribution in [0.3, 0.4) is 0 Å². The Morgan fingerprint density at radius 2 is 2.00 bits per heavy atom. The number of nitrogens with one attached hydrogen (secondary N) is 2. The zero-order valence-corrected chi connectivity index (χ0v) is 13.8. The maximum atomic E-state index is 13.5. The molecule has 1 fully saturated rings. The minimum Gasteiger partial charge on any atom is -0.352 e. The molecular weight excluding hydrogens is 316 g/mol. The van der Waals surface area contributed by atoms with Crippen molar-refractivity contribution in [2.45, 2.75) is 31.7 Å². The van der Waals surface area contributed by atoms with Gasteiger partial charge in [-0.2, -0.15) is 0 Å². The minimum absolute atomic E-state index is 0.0455. The molecule has 1 aromatic rings. The summed E-state index contributed by atoms with van der Waals surface area (Å²) in [5, 5.41) is 5.81. The first-order chi connectivity index (χ1) is 11.5. The molecule has 5 nitrogen and oxygen atoms in total. The lowest BCUT2D eigenvalue weighted by molar-refractivity contribution is -0.132. The average Bonchev–Trinajstić information content (AvgIpc) is 2.58. The Hall–Kier alpha value is -2.02. The van der Waals surface area contributed by atoms with Gasteiger partial charge in [-0.25, -0.2) is 8.78 Å². The lowest BCUT2D eigenvalue weighted by atomic mass is 10.0. The number of halogens is 2. The van der Waals surface area contributed by atoms with Crippen molar-refractivity contribution >= 4 is 11.8 Å². The monoisotopic (exact) mass is 339 g/mol. The number of rotatable bonds is 6. The van der Waals surface area contributed by atoms with Crippen LogP contribution in [0.4, 0.5) is 8.78 Å². The van der Waals surface area contributed by atoms with Gasteiger partial charge in [-0.05, 0) is 44.5 Å². The van der Waals surface area contributed by atoms with Crippen LogP contribution in [0.2, 0.25) is 0 Å². The largest absolute Gasteiger partial charge is 0.352 e. The van der Waals surface area contributed by atoms with Gasteiger partial charge < -0.3 is 15.5 Å². The first kappa shape index (κ1) is 18.3. The van der Waals surface area contributed by atoms with Gasteiger partial charge in [0.1, 0.15) is 11.6 Å². The summed E-state index contributed by atoms with van der Waals surface area (Å²) in [5.41, 5.74) is -0.199. The van der Waals surface area contributed by atoms with Gasteiger partial charge in [0.15, 0.2) is 0 Å². The number of hydrogen-bond donors (Lipinski definition) is 2. The van der Waals surface area contributed by atoms with E-state index >= 15 is 0 Å². The minimum atomic E-state index is -0.894. The summed E-state index contributed by atoms with van der Waals surface area (Å²) in [4.78, 5) is 25.7. The first-order valence-corrected chi connectivity index (χ1v) is 8.18. The third-order valence-corrected chi connectivity index (χ3v) is 4.28. The van der Waals surface area contributed by atoms with Gasteiger partial charge >= 0.3 is 0 Å². The molecule has 1 aromatic carbocycles. The molecule has 24 heavy (non-hydrogen) atoms. The molecule has 0 radical (unpaired) electrons. The Bertz CT molecular complexity index is 589. The van der Waals surface area contributed by atoms with Crippen molar-refractivity contribution in [2.75, 3.05) is 26.7 Å². The van der Waals surface area contributed by atoms with Crippen LogP contribution in [-0.2, 0) is 4.79 Å². The van der Waals surface area contributed by atoms with Crippen LogP contribution in [0.5, 0.6) is 0 Å². The summed E-state index contributed by atoms with van der Waals surface area (Å²) in [6.45, 7) is 2.10. The molecule has 1 heterocycles. The summed E-state index contributed by atoms with van der Waals surface area (Å²) >= 11 is 0. The number of piperidine rings is 1. The van der Waals surface area contributed by atoms with Gasteiger partial charge in [0.2, 0.25) is 5.91 Å². The standard InChI is InChI=1S/C17H23F2N3O2/c1-22(13-6-9-20-10-7-13)16(23)3-2-8-21-17(24)14-5-4-12(18)11-15(14)19/h4-5,11,13,20H,2-3,6-10H2,1H3,(H,21,24). The van der Waals surface area contributed by atoms with Gasteiger partial charge in [0, 0.05) is 32.1 Å². The molecule has 0 saturated carbocycles. The predicted octanol–water partition coefficient (Wildman–Crippen LogP) is 1.69. The molecule has 7 heteroatoms. The predicted molar refractivity (Wildman–Crippen MR) is 86.6 cm³/mol. The molecule has 1 saturated heterocycles. The highest BCUT2D eigenvalue weighted by molar-refractivity contribution is 5.94. The van der Waals surface area contributed by atoms with E-state index < -0.39 is 17.5 Å². The Morgan fingerprint density at radius 3 is 2.67 bits per heavy atom. The highest BCUT2D eigenvalue weighted by atomic mass is 19.1. The molecule has 2 rings (SSSR count). The van der Waals surface area contributed by atoms with E-state index in [9.17, 15) is 18.4 Å². The molecule has 1 aliphatic rings. The number of carbonyl (C=O) groups excluding carboxylic acids is 2. The molecule has 0 aromatic heterocycles. The van der Waals surface area contributed by atoms with Crippen LogP contribution >= 0.6 is 0 Å². The second-order valence-electron chi connectivity index (χ2n) is 5.97. The molecule has 0 bridgehead atoms. The van der Waals surface area contributed by atoms with Crippen LogP contribution in [0.25, 0.3) is 0 Å². The lowest BCUT2D eigenvalue weighted by Gasteiger charge is -2.31. The van der Waals surface area contributed by atoms with Crippen molar-refractivity contribution in [1.29, 1.82) is 0 Å². The second kappa shape index (κ2) is 8.73. The van der Waals surface area contributed by atoms with E-state index in [1.54, 1.807) is 4.90 Å². The Labute approximate surface area is 140 Å². The van der Waals surface area contributed by atoms with Crippen LogP contribution in [0.1, 0.15) is 36.0 Å². The summed E-state index contributed by atoms with van der Waals surface area (Å²) in [6.07, 6.45) is 2.70. The molecular formula is C17H23F2N3O2. The highest BCUT2D eigenvalue weighted by Crippen LogP contribution is 2.12. The average molecular weight is 339 g/mol. The molecule has 1 aliphatic heterocycles. The van der Waals surface area contributed by atoms with Crippen molar-refractivity contribution < 1.29 is 18.4 Å². The number of hydrogen-bond acceptors (Lipinski definition) is 3. The molecule has 0 aliphatic carbocycles. The van der Waals surface area contributed by atoms with E-state index in [0.29, 0.717) is 18.9 Å². The van der Waals surface area contributed by atoms with Crippen molar-refractivity contribution in [3.63, 3.8) is 0 Å². The van der Waals surface area contributed by atoms with E-state index in [4.69, 9.17) is 0 Å². The number of carbonyl (C=O) groups is 2. The normalized spacial score (nSPS) is 15.1. The van der Waals surface area contributed by atoms with Crippen molar-refractivity contribution in [3.05, 3.63) is 35.4 Å². The molecule has 2 amide bonds. The zero-order chi connectivity index (χ0) is 17.5. The summed E-state index contributed by atoms with van der Waals surface area (Å²) in [5.74, 6) is -2.18. The van der Waals surface area contributed by atoms with E-state index in [-0.39, 0.29) is 24.1 Å². The van der Waals surface area contributed by atoms with E-state index in [1.165, 1.54) is 0 Å². The van der Waals surface area contributed by atoms with Gasteiger partial charge in [-0.3, -0.25) is 9.59 Å². The molecule has 2 N–H and O–H groups in total. The Balaban J connectivity index is 1.71. The van der Waals surface area contributed by atoms with Gasteiger partial charge in [0.25, 0.3) is 5.91 Å². The SMILES string of the molecule is CN(C(=O)CCCNC(=O)c1ccc(F)cc1F)C1CCNCC1. The highest BCUT2D eigenvalue weighted by Gasteiger charge is 2.21. The molecule has 0 atom stereocenters. The number of nitrogens with zero attached hydrogens (tertiary/aromatic N) is 1. The first-order valence-electron chi connectivity index (χ1n) is 8.18.